The van der Waals surface area contributed by atoms with Crippen LogP contribution >= 0.6 is 0 Å². The first-order chi connectivity index (χ1) is 16.0. The highest BCUT2D eigenvalue weighted by Crippen LogP contribution is 2.37. The summed E-state index contributed by atoms with van der Waals surface area (Å²) in [5.41, 5.74) is 1.90. The minimum absolute atomic E-state index is 0.00365. The molecule has 6 nitrogen and oxygen atoms in total. The molecule has 2 aromatic rings. The Hall–Kier alpha value is -3.02. The van der Waals surface area contributed by atoms with Crippen molar-refractivity contribution in [1.29, 1.82) is 0 Å². The Labute approximate surface area is 196 Å². The Morgan fingerprint density at radius 1 is 0.909 bits per heavy atom. The number of hydrogen-bond donors (Lipinski definition) is 0. The summed E-state index contributed by atoms with van der Waals surface area (Å²) in [6.45, 7) is 2.91. The van der Waals surface area contributed by atoms with E-state index in [0.29, 0.717) is 30.4 Å². The van der Waals surface area contributed by atoms with Crippen LogP contribution < -0.4 is 9.47 Å². The van der Waals surface area contributed by atoms with Crippen LogP contribution in [0.25, 0.3) is 0 Å². The first-order valence-corrected chi connectivity index (χ1v) is 11.9. The number of benzene rings is 2. The highest BCUT2D eigenvalue weighted by molar-refractivity contribution is 5.96. The Kier molecular flexibility index (Phi) is 7.21. The minimum Gasteiger partial charge on any atom is -0.493 e. The maximum absolute atomic E-state index is 13.9. The first-order valence-electron chi connectivity index (χ1n) is 11.9. The van der Waals surface area contributed by atoms with Gasteiger partial charge < -0.3 is 19.3 Å². The molecule has 0 unspecified atom stereocenters. The third kappa shape index (κ3) is 5.00. The second kappa shape index (κ2) is 10.3. The van der Waals surface area contributed by atoms with E-state index in [1.807, 2.05) is 41.3 Å². The SMILES string of the molecule is COc1ccc([C@H]2C(=O)N(C3CCC(C)CC3)CC(=O)N2CCc2ccccc2)cc1OC. The standard InChI is InChI=1S/C27H34N2O4/c1-19-9-12-22(13-10-19)29-18-25(30)28(16-15-20-7-5-4-6-8-20)26(27(29)31)21-11-14-23(32-2)24(17-21)33-3/h4-8,11,14,17,19,22,26H,9-10,12-13,15-16,18H2,1-3H3/t19?,22?,26-/m0/s1. The number of amides is 2. The van der Waals surface area contributed by atoms with Gasteiger partial charge in [-0.1, -0.05) is 43.3 Å². The van der Waals surface area contributed by atoms with Crippen LogP contribution in [0.15, 0.2) is 48.5 Å². The van der Waals surface area contributed by atoms with E-state index >= 15 is 0 Å². The van der Waals surface area contributed by atoms with E-state index in [1.165, 1.54) is 0 Å². The number of ether oxygens (including phenoxy) is 2. The number of methoxy groups -OCH3 is 2. The average molecular weight is 451 g/mol. The van der Waals surface area contributed by atoms with E-state index in [1.54, 1.807) is 19.1 Å². The normalized spacial score (nSPS) is 23.5. The van der Waals surface area contributed by atoms with Crippen LogP contribution in [0, 0.1) is 5.92 Å². The smallest absolute Gasteiger partial charge is 0.250 e. The maximum atomic E-state index is 13.9. The van der Waals surface area contributed by atoms with Crippen molar-refractivity contribution >= 4 is 11.8 Å². The summed E-state index contributed by atoms with van der Waals surface area (Å²) in [5, 5.41) is 0. The molecule has 1 saturated heterocycles. The Morgan fingerprint density at radius 2 is 1.61 bits per heavy atom. The van der Waals surface area contributed by atoms with Crippen LogP contribution in [0.1, 0.15) is 49.8 Å². The molecule has 2 fully saturated rings. The van der Waals surface area contributed by atoms with Gasteiger partial charge in [0, 0.05) is 12.6 Å². The zero-order chi connectivity index (χ0) is 23.4. The van der Waals surface area contributed by atoms with Crippen molar-refractivity contribution in [3.63, 3.8) is 0 Å². The average Bonchev–Trinajstić information content (AvgIpc) is 2.85. The van der Waals surface area contributed by atoms with E-state index in [2.05, 4.69) is 19.1 Å². The van der Waals surface area contributed by atoms with Crippen LogP contribution in [0.3, 0.4) is 0 Å². The summed E-state index contributed by atoms with van der Waals surface area (Å²) in [4.78, 5) is 30.9. The van der Waals surface area contributed by atoms with Gasteiger partial charge >= 0.3 is 0 Å². The number of piperazine rings is 1. The van der Waals surface area contributed by atoms with Gasteiger partial charge in [-0.3, -0.25) is 9.59 Å². The Bertz CT molecular complexity index is 969. The summed E-state index contributed by atoms with van der Waals surface area (Å²) in [6.07, 6.45) is 4.82. The number of nitrogens with zero attached hydrogens (tertiary/aromatic N) is 2. The lowest BCUT2D eigenvalue weighted by Gasteiger charge is -2.45. The van der Waals surface area contributed by atoms with Gasteiger partial charge in [0.2, 0.25) is 5.91 Å². The molecule has 1 heterocycles. The molecule has 33 heavy (non-hydrogen) atoms. The molecule has 1 aliphatic carbocycles. The maximum Gasteiger partial charge on any atom is 0.250 e. The monoisotopic (exact) mass is 450 g/mol. The lowest BCUT2D eigenvalue weighted by atomic mass is 9.85. The summed E-state index contributed by atoms with van der Waals surface area (Å²) in [5.74, 6) is 1.85. The van der Waals surface area contributed by atoms with Crippen molar-refractivity contribution in [3.8, 4) is 11.5 Å². The Balaban J connectivity index is 1.65. The van der Waals surface area contributed by atoms with Crippen LogP contribution in [0.4, 0.5) is 0 Å². The lowest BCUT2D eigenvalue weighted by molar-refractivity contribution is -0.159. The zero-order valence-corrected chi connectivity index (χ0v) is 19.8. The zero-order valence-electron chi connectivity index (χ0n) is 19.8. The molecular formula is C27H34N2O4. The van der Waals surface area contributed by atoms with Gasteiger partial charge in [0.1, 0.15) is 12.6 Å². The first kappa shape index (κ1) is 23.1. The molecule has 1 atom stereocenters. The molecule has 176 valence electrons. The van der Waals surface area contributed by atoms with Gasteiger partial charge in [0.25, 0.3) is 5.91 Å². The molecule has 2 aliphatic rings. The second-order valence-corrected chi connectivity index (χ2v) is 9.22. The molecule has 6 heteroatoms. The van der Waals surface area contributed by atoms with Crippen LogP contribution in [0.2, 0.25) is 0 Å². The fraction of sp³-hybridized carbons (Fsp3) is 0.481. The fourth-order valence-electron chi connectivity index (χ4n) is 5.11. The van der Waals surface area contributed by atoms with Crippen LogP contribution in [-0.4, -0.2) is 55.0 Å². The van der Waals surface area contributed by atoms with Gasteiger partial charge in [0.15, 0.2) is 11.5 Å². The molecule has 2 amide bonds. The Morgan fingerprint density at radius 3 is 2.27 bits per heavy atom. The number of hydrogen-bond acceptors (Lipinski definition) is 4. The van der Waals surface area contributed by atoms with Gasteiger partial charge in [-0.25, -0.2) is 0 Å². The van der Waals surface area contributed by atoms with E-state index < -0.39 is 6.04 Å². The molecule has 0 N–H and O–H groups in total. The molecule has 4 rings (SSSR count). The molecular weight excluding hydrogens is 416 g/mol. The summed E-state index contributed by atoms with van der Waals surface area (Å²) in [6, 6.07) is 15.1. The van der Waals surface area contributed by atoms with Crippen molar-refractivity contribution in [3.05, 3.63) is 59.7 Å². The van der Waals surface area contributed by atoms with Crippen molar-refractivity contribution in [1.82, 2.24) is 9.80 Å². The number of carbonyl (C=O) groups is 2. The highest BCUT2D eigenvalue weighted by atomic mass is 16.5. The van der Waals surface area contributed by atoms with Gasteiger partial charge in [0.05, 0.1) is 14.2 Å². The lowest BCUT2D eigenvalue weighted by Crippen LogP contribution is -2.59. The predicted octanol–water partition coefficient (Wildman–Crippen LogP) is 4.24. The van der Waals surface area contributed by atoms with Crippen LogP contribution in [0.5, 0.6) is 11.5 Å². The molecule has 0 bridgehead atoms. The van der Waals surface area contributed by atoms with Crippen molar-refractivity contribution in [2.24, 2.45) is 5.92 Å². The highest BCUT2D eigenvalue weighted by Gasteiger charge is 2.43. The fourth-order valence-corrected chi connectivity index (χ4v) is 5.11. The number of rotatable bonds is 7. The van der Waals surface area contributed by atoms with Crippen molar-refractivity contribution in [2.75, 3.05) is 27.3 Å². The molecule has 2 aromatic carbocycles. The third-order valence-corrected chi connectivity index (χ3v) is 7.09. The molecule has 0 spiro atoms. The van der Waals surface area contributed by atoms with Gasteiger partial charge in [-0.2, -0.15) is 0 Å². The molecule has 1 saturated carbocycles. The van der Waals surface area contributed by atoms with E-state index in [4.69, 9.17) is 9.47 Å². The van der Waals surface area contributed by atoms with Gasteiger partial charge in [-0.05, 0) is 61.3 Å². The van der Waals surface area contributed by atoms with E-state index in [-0.39, 0.29) is 24.4 Å². The van der Waals surface area contributed by atoms with Crippen molar-refractivity contribution < 1.29 is 19.1 Å². The van der Waals surface area contributed by atoms with E-state index in [9.17, 15) is 9.59 Å². The number of carbonyl (C=O) groups excluding carboxylic acids is 2. The molecule has 1 aliphatic heterocycles. The minimum atomic E-state index is -0.658. The predicted molar refractivity (Wildman–Crippen MR) is 127 cm³/mol. The van der Waals surface area contributed by atoms with E-state index in [0.717, 1.165) is 36.8 Å². The summed E-state index contributed by atoms with van der Waals surface area (Å²) >= 11 is 0. The van der Waals surface area contributed by atoms with Crippen LogP contribution in [-0.2, 0) is 16.0 Å². The van der Waals surface area contributed by atoms with Gasteiger partial charge in [-0.15, -0.1) is 0 Å². The molecule has 0 aromatic heterocycles. The van der Waals surface area contributed by atoms with Crippen molar-refractivity contribution in [2.45, 2.75) is 51.1 Å². The summed E-state index contributed by atoms with van der Waals surface area (Å²) < 4.78 is 10.9. The topological polar surface area (TPSA) is 59.1 Å². The summed E-state index contributed by atoms with van der Waals surface area (Å²) in [7, 11) is 3.17. The molecule has 0 radical (unpaired) electrons. The quantitative estimate of drug-likeness (QED) is 0.633. The largest absolute Gasteiger partial charge is 0.493 e. The second-order valence-electron chi connectivity index (χ2n) is 9.22. The third-order valence-electron chi connectivity index (χ3n) is 7.09.